The Morgan fingerprint density at radius 1 is 1.16 bits per heavy atom. The average molecular weight is 363 g/mol. The molecule has 2 aliphatic heterocycles. The summed E-state index contributed by atoms with van der Waals surface area (Å²) in [4.78, 5) is 17.8. The lowest BCUT2D eigenvalue weighted by atomic mass is 10.1. The van der Waals surface area contributed by atoms with E-state index in [1.54, 1.807) is 0 Å². The van der Waals surface area contributed by atoms with E-state index in [-0.39, 0.29) is 12.0 Å². The van der Waals surface area contributed by atoms with Crippen LogP contribution in [0, 0.1) is 0 Å². The monoisotopic (exact) mass is 362 g/mol. The molecule has 2 saturated heterocycles. The van der Waals surface area contributed by atoms with Gasteiger partial charge in [-0.3, -0.25) is 4.79 Å². The minimum absolute atomic E-state index is 0.147. The van der Waals surface area contributed by atoms with E-state index >= 15 is 0 Å². The molecule has 0 aliphatic carbocycles. The molecule has 5 heteroatoms. The Morgan fingerprint density at radius 2 is 1.88 bits per heavy atom. The van der Waals surface area contributed by atoms with Crippen LogP contribution in [-0.2, 0) is 0 Å². The zero-order chi connectivity index (χ0) is 17.6. The quantitative estimate of drug-likeness (QED) is 0.802. The van der Waals surface area contributed by atoms with Gasteiger partial charge >= 0.3 is 0 Å². The van der Waals surface area contributed by atoms with Crippen LogP contribution in [0.4, 0.5) is 0 Å². The molecular weight excluding hydrogens is 332 g/mol. The van der Waals surface area contributed by atoms with Crippen LogP contribution >= 0.6 is 11.8 Å². The summed E-state index contributed by atoms with van der Waals surface area (Å²) in [5.74, 6) is 3.20. The Morgan fingerprint density at radius 3 is 2.56 bits per heavy atom. The average Bonchev–Trinajstić information content (AvgIpc) is 2.99. The number of likely N-dealkylation sites (tertiary alicyclic amines) is 1. The van der Waals surface area contributed by atoms with Crippen LogP contribution in [0.5, 0.6) is 5.75 Å². The molecule has 2 heterocycles. The highest BCUT2D eigenvalue weighted by Gasteiger charge is 2.29. The summed E-state index contributed by atoms with van der Waals surface area (Å²) < 4.78 is 5.69. The molecule has 3 rings (SSSR count). The molecule has 1 aromatic rings. The Hall–Kier alpha value is -1.20. The largest absolute Gasteiger partial charge is 0.491 e. The van der Waals surface area contributed by atoms with Crippen molar-refractivity contribution in [3.63, 3.8) is 0 Å². The molecule has 1 amide bonds. The summed E-state index contributed by atoms with van der Waals surface area (Å²) in [7, 11) is 0. The predicted octanol–water partition coefficient (Wildman–Crippen LogP) is 3.52. The fourth-order valence-corrected chi connectivity index (χ4v) is 4.68. The molecule has 4 nitrogen and oxygen atoms in total. The van der Waals surface area contributed by atoms with E-state index in [1.165, 1.54) is 25.9 Å². The standard InChI is InChI=1S/C20H30N2O2S/c1-16(2)24-19-8-6-17(7-9-19)20(23)22-12-5-13-25-15-18(22)14-21-10-3-4-11-21/h6-9,16,18H,3-5,10-15H2,1-2H3. The maximum Gasteiger partial charge on any atom is 0.254 e. The highest BCUT2D eigenvalue weighted by Crippen LogP contribution is 2.22. The molecule has 0 bridgehead atoms. The third kappa shape index (κ3) is 5.14. The molecule has 0 spiro atoms. The van der Waals surface area contributed by atoms with E-state index < -0.39 is 0 Å². The van der Waals surface area contributed by atoms with Crippen molar-refractivity contribution in [3.05, 3.63) is 29.8 Å². The van der Waals surface area contributed by atoms with E-state index in [9.17, 15) is 4.79 Å². The molecule has 0 saturated carbocycles. The van der Waals surface area contributed by atoms with Gasteiger partial charge in [0.25, 0.3) is 5.91 Å². The lowest BCUT2D eigenvalue weighted by Gasteiger charge is -2.32. The summed E-state index contributed by atoms with van der Waals surface area (Å²) in [6.07, 6.45) is 3.83. The summed E-state index contributed by atoms with van der Waals surface area (Å²) in [5, 5.41) is 0. The van der Waals surface area contributed by atoms with Crippen molar-refractivity contribution in [2.24, 2.45) is 0 Å². The molecule has 2 aliphatic rings. The van der Waals surface area contributed by atoms with Gasteiger partial charge in [-0.15, -0.1) is 0 Å². The smallest absolute Gasteiger partial charge is 0.254 e. The number of hydrogen-bond donors (Lipinski definition) is 0. The fourth-order valence-electron chi connectivity index (χ4n) is 3.62. The number of hydrogen-bond acceptors (Lipinski definition) is 4. The second-order valence-corrected chi connectivity index (χ2v) is 8.43. The maximum absolute atomic E-state index is 13.1. The van der Waals surface area contributed by atoms with Gasteiger partial charge in [0, 0.05) is 24.4 Å². The summed E-state index contributed by atoms with van der Waals surface area (Å²) in [5.41, 5.74) is 0.773. The fraction of sp³-hybridized carbons (Fsp3) is 0.650. The Bertz CT molecular complexity index is 555. The number of thioether (sulfide) groups is 1. The number of rotatable bonds is 5. The Balaban J connectivity index is 1.69. The number of amides is 1. The van der Waals surface area contributed by atoms with Crippen molar-refractivity contribution < 1.29 is 9.53 Å². The minimum Gasteiger partial charge on any atom is -0.491 e. The summed E-state index contributed by atoms with van der Waals surface area (Å²) in [6, 6.07) is 7.96. The highest BCUT2D eigenvalue weighted by atomic mass is 32.2. The molecule has 2 fully saturated rings. The summed E-state index contributed by atoms with van der Waals surface area (Å²) >= 11 is 1.99. The molecule has 0 N–H and O–H groups in total. The molecule has 25 heavy (non-hydrogen) atoms. The highest BCUT2D eigenvalue weighted by molar-refractivity contribution is 7.99. The topological polar surface area (TPSA) is 32.8 Å². The van der Waals surface area contributed by atoms with Crippen molar-refractivity contribution in [1.29, 1.82) is 0 Å². The van der Waals surface area contributed by atoms with Crippen LogP contribution < -0.4 is 4.74 Å². The van der Waals surface area contributed by atoms with E-state index in [2.05, 4.69) is 9.80 Å². The predicted molar refractivity (Wildman–Crippen MR) is 105 cm³/mol. The summed E-state index contributed by atoms with van der Waals surface area (Å²) in [6.45, 7) is 8.28. The van der Waals surface area contributed by atoms with Gasteiger partial charge in [-0.2, -0.15) is 11.8 Å². The van der Waals surface area contributed by atoms with Gasteiger partial charge in [0.1, 0.15) is 5.75 Å². The molecule has 1 unspecified atom stereocenters. The van der Waals surface area contributed by atoms with E-state index in [0.717, 1.165) is 42.3 Å². The second-order valence-electron chi connectivity index (χ2n) is 7.28. The maximum atomic E-state index is 13.1. The van der Waals surface area contributed by atoms with E-state index in [0.29, 0.717) is 6.04 Å². The van der Waals surface area contributed by atoms with Gasteiger partial charge in [0.2, 0.25) is 0 Å². The van der Waals surface area contributed by atoms with Gasteiger partial charge in [-0.1, -0.05) is 0 Å². The molecule has 0 radical (unpaired) electrons. The van der Waals surface area contributed by atoms with Gasteiger partial charge in [0.15, 0.2) is 0 Å². The molecule has 1 atom stereocenters. The van der Waals surface area contributed by atoms with Gasteiger partial charge in [-0.25, -0.2) is 0 Å². The van der Waals surface area contributed by atoms with Crippen molar-refractivity contribution in [2.75, 3.05) is 37.7 Å². The molecular formula is C20H30N2O2S. The second kappa shape index (κ2) is 8.95. The number of carbonyl (C=O) groups is 1. The van der Waals surface area contributed by atoms with Crippen molar-refractivity contribution in [2.45, 2.75) is 45.3 Å². The van der Waals surface area contributed by atoms with Gasteiger partial charge in [0.05, 0.1) is 12.1 Å². The van der Waals surface area contributed by atoms with Crippen LogP contribution in [0.3, 0.4) is 0 Å². The van der Waals surface area contributed by atoms with Gasteiger partial charge in [-0.05, 0) is 76.2 Å². The first kappa shape index (κ1) is 18.6. The van der Waals surface area contributed by atoms with Crippen LogP contribution in [0.25, 0.3) is 0 Å². The lowest BCUT2D eigenvalue weighted by molar-refractivity contribution is 0.0666. The normalized spacial score (nSPS) is 22.2. The van der Waals surface area contributed by atoms with Crippen LogP contribution in [-0.4, -0.2) is 65.5 Å². The minimum atomic E-state index is 0.147. The first-order chi connectivity index (χ1) is 12.1. The molecule has 0 aromatic heterocycles. The number of carbonyl (C=O) groups excluding carboxylic acids is 1. The Labute approximate surface area is 155 Å². The number of nitrogens with zero attached hydrogens (tertiary/aromatic N) is 2. The SMILES string of the molecule is CC(C)Oc1ccc(C(=O)N2CCCSCC2CN2CCCC2)cc1. The van der Waals surface area contributed by atoms with Gasteiger partial charge < -0.3 is 14.5 Å². The van der Waals surface area contributed by atoms with E-state index in [4.69, 9.17) is 4.74 Å². The number of benzene rings is 1. The van der Waals surface area contributed by atoms with Crippen LogP contribution in [0.15, 0.2) is 24.3 Å². The third-order valence-electron chi connectivity index (χ3n) is 4.84. The van der Waals surface area contributed by atoms with Crippen molar-refractivity contribution >= 4 is 17.7 Å². The number of ether oxygens (including phenoxy) is 1. The van der Waals surface area contributed by atoms with Crippen LogP contribution in [0.2, 0.25) is 0 Å². The Kier molecular flexibility index (Phi) is 6.65. The molecule has 138 valence electrons. The zero-order valence-electron chi connectivity index (χ0n) is 15.4. The van der Waals surface area contributed by atoms with Crippen molar-refractivity contribution in [3.8, 4) is 5.75 Å². The lowest BCUT2D eigenvalue weighted by Crippen LogP contribution is -2.47. The first-order valence-corrected chi connectivity index (χ1v) is 10.7. The van der Waals surface area contributed by atoms with Crippen LogP contribution in [0.1, 0.15) is 43.5 Å². The molecule has 1 aromatic carbocycles. The van der Waals surface area contributed by atoms with E-state index in [1.807, 2.05) is 49.9 Å². The zero-order valence-corrected chi connectivity index (χ0v) is 16.3. The van der Waals surface area contributed by atoms with Crippen molar-refractivity contribution in [1.82, 2.24) is 9.80 Å². The third-order valence-corrected chi connectivity index (χ3v) is 6.04. The first-order valence-electron chi connectivity index (χ1n) is 9.51.